The van der Waals surface area contributed by atoms with Crippen molar-refractivity contribution in [1.82, 2.24) is 0 Å². The number of hydrogen-bond donors (Lipinski definition) is 0. The van der Waals surface area contributed by atoms with E-state index in [-0.39, 0.29) is 0 Å². The van der Waals surface area contributed by atoms with Crippen LogP contribution in [0.5, 0.6) is 0 Å². The summed E-state index contributed by atoms with van der Waals surface area (Å²) in [6.07, 6.45) is 1.31. The zero-order chi connectivity index (χ0) is 7.56. The van der Waals surface area contributed by atoms with Crippen LogP contribution in [-0.4, -0.2) is 16.9 Å². The van der Waals surface area contributed by atoms with Gasteiger partial charge < -0.3 is 0 Å². The Labute approximate surface area is 72.7 Å². The molecular formula is C8H15ClS. The molecule has 0 aromatic heterocycles. The molecule has 1 aliphatic rings. The van der Waals surface area contributed by atoms with Crippen LogP contribution in [0.4, 0.5) is 0 Å². The van der Waals surface area contributed by atoms with Crippen LogP contribution in [-0.2, 0) is 0 Å². The zero-order valence-electron chi connectivity index (χ0n) is 6.64. The molecule has 2 heteroatoms. The van der Waals surface area contributed by atoms with Crippen LogP contribution in [0.1, 0.15) is 20.3 Å². The number of rotatable bonds is 2. The summed E-state index contributed by atoms with van der Waals surface area (Å²) in [4.78, 5) is 0. The van der Waals surface area contributed by atoms with Crippen molar-refractivity contribution in [1.29, 1.82) is 0 Å². The first-order valence-corrected chi connectivity index (χ1v) is 5.51. The molecule has 1 heterocycles. The summed E-state index contributed by atoms with van der Waals surface area (Å²) >= 11 is 8.10. The second-order valence-electron chi connectivity index (χ2n) is 3.44. The minimum atomic E-state index is 0.451. The standard InChI is InChI=1S/C8H15ClS/c1-6(2)3-7-4-10-5-8(7)9/h6-8H,3-5H2,1-2H3. The average Bonchev–Trinajstić information content (AvgIpc) is 2.15. The predicted molar refractivity (Wildman–Crippen MR) is 49.9 cm³/mol. The van der Waals surface area contributed by atoms with Crippen LogP contribution in [0.2, 0.25) is 0 Å². The van der Waals surface area contributed by atoms with Gasteiger partial charge in [0.15, 0.2) is 0 Å². The summed E-state index contributed by atoms with van der Waals surface area (Å²) < 4.78 is 0. The smallest absolute Gasteiger partial charge is 0.0462 e. The third-order valence-corrected chi connectivity index (χ3v) is 3.85. The fourth-order valence-corrected chi connectivity index (χ4v) is 3.26. The van der Waals surface area contributed by atoms with E-state index in [9.17, 15) is 0 Å². The summed E-state index contributed by atoms with van der Waals surface area (Å²) in [6.45, 7) is 4.54. The van der Waals surface area contributed by atoms with Crippen molar-refractivity contribution in [2.75, 3.05) is 11.5 Å². The maximum Gasteiger partial charge on any atom is 0.0462 e. The first-order valence-electron chi connectivity index (χ1n) is 3.92. The molecule has 1 fully saturated rings. The van der Waals surface area contributed by atoms with E-state index in [1.165, 1.54) is 17.9 Å². The number of halogens is 1. The molecule has 10 heavy (non-hydrogen) atoms. The van der Waals surface area contributed by atoms with E-state index in [0.717, 1.165) is 11.8 Å². The van der Waals surface area contributed by atoms with E-state index >= 15 is 0 Å². The summed E-state index contributed by atoms with van der Waals surface area (Å²) in [6, 6.07) is 0. The Morgan fingerprint density at radius 3 is 2.60 bits per heavy atom. The van der Waals surface area contributed by atoms with Crippen molar-refractivity contribution in [3.8, 4) is 0 Å². The summed E-state index contributed by atoms with van der Waals surface area (Å²) in [5, 5.41) is 0.451. The molecule has 1 saturated heterocycles. The van der Waals surface area contributed by atoms with Crippen LogP contribution in [0, 0.1) is 11.8 Å². The van der Waals surface area contributed by atoms with Gasteiger partial charge in [0, 0.05) is 11.1 Å². The summed E-state index contributed by atoms with van der Waals surface area (Å²) in [7, 11) is 0. The highest BCUT2D eigenvalue weighted by Crippen LogP contribution is 2.32. The highest BCUT2D eigenvalue weighted by Gasteiger charge is 2.25. The van der Waals surface area contributed by atoms with Crippen molar-refractivity contribution < 1.29 is 0 Å². The van der Waals surface area contributed by atoms with Gasteiger partial charge in [-0.05, 0) is 24.0 Å². The van der Waals surface area contributed by atoms with Gasteiger partial charge in [-0.3, -0.25) is 0 Å². The van der Waals surface area contributed by atoms with E-state index in [2.05, 4.69) is 13.8 Å². The lowest BCUT2D eigenvalue weighted by Crippen LogP contribution is -2.13. The maximum absolute atomic E-state index is 6.10. The van der Waals surface area contributed by atoms with E-state index in [4.69, 9.17) is 11.6 Å². The minimum absolute atomic E-state index is 0.451. The Morgan fingerprint density at radius 2 is 2.20 bits per heavy atom. The van der Waals surface area contributed by atoms with E-state index < -0.39 is 0 Å². The monoisotopic (exact) mass is 178 g/mol. The Bertz CT molecular complexity index is 103. The van der Waals surface area contributed by atoms with Crippen molar-refractivity contribution >= 4 is 23.4 Å². The Balaban J connectivity index is 2.26. The summed E-state index contributed by atoms with van der Waals surface area (Å²) in [5.41, 5.74) is 0. The van der Waals surface area contributed by atoms with Crippen molar-refractivity contribution in [2.45, 2.75) is 25.6 Å². The molecule has 60 valence electrons. The van der Waals surface area contributed by atoms with Gasteiger partial charge in [-0.15, -0.1) is 11.6 Å². The molecule has 0 aliphatic carbocycles. The van der Waals surface area contributed by atoms with Gasteiger partial charge in [-0.2, -0.15) is 11.8 Å². The molecular weight excluding hydrogens is 164 g/mol. The third kappa shape index (κ3) is 2.35. The molecule has 0 aromatic carbocycles. The van der Waals surface area contributed by atoms with Crippen LogP contribution in [0.3, 0.4) is 0 Å². The molecule has 0 saturated carbocycles. The van der Waals surface area contributed by atoms with Gasteiger partial charge in [-0.25, -0.2) is 0 Å². The van der Waals surface area contributed by atoms with Crippen LogP contribution in [0.25, 0.3) is 0 Å². The number of alkyl halides is 1. The molecule has 1 rings (SSSR count). The molecule has 1 aliphatic heterocycles. The van der Waals surface area contributed by atoms with Gasteiger partial charge in [0.25, 0.3) is 0 Å². The van der Waals surface area contributed by atoms with Gasteiger partial charge in [0.2, 0.25) is 0 Å². The topological polar surface area (TPSA) is 0 Å². The molecule has 0 spiro atoms. The predicted octanol–water partition coefficient (Wildman–Crippen LogP) is 3.00. The molecule has 2 unspecified atom stereocenters. The Kier molecular flexibility index (Phi) is 3.38. The van der Waals surface area contributed by atoms with Crippen LogP contribution in [0.15, 0.2) is 0 Å². The first kappa shape index (κ1) is 8.73. The minimum Gasteiger partial charge on any atom is -0.160 e. The van der Waals surface area contributed by atoms with Gasteiger partial charge in [0.1, 0.15) is 0 Å². The van der Waals surface area contributed by atoms with Crippen molar-refractivity contribution in [2.24, 2.45) is 11.8 Å². The van der Waals surface area contributed by atoms with Crippen molar-refractivity contribution in [3.05, 3.63) is 0 Å². The lowest BCUT2D eigenvalue weighted by Gasteiger charge is -2.14. The number of hydrogen-bond acceptors (Lipinski definition) is 1. The average molecular weight is 179 g/mol. The Morgan fingerprint density at radius 1 is 1.50 bits per heavy atom. The molecule has 0 aromatic rings. The third-order valence-electron chi connectivity index (χ3n) is 1.89. The number of thioether (sulfide) groups is 1. The van der Waals surface area contributed by atoms with Crippen LogP contribution >= 0.6 is 23.4 Å². The summed E-state index contributed by atoms with van der Waals surface area (Å²) in [5.74, 6) is 4.04. The molecule has 0 bridgehead atoms. The second kappa shape index (κ2) is 3.87. The highest BCUT2D eigenvalue weighted by atomic mass is 35.5. The van der Waals surface area contributed by atoms with E-state index in [1.54, 1.807) is 0 Å². The fraction of sp³-hybridized carbons (Fsp3) is 1.00. The van der Waals surface area contributed by atoms with Gasteiger partial charge >= 0.3 is 0 Å². The second-order valence-corrected chi connectivity index (χ2v) is 5.08. The lowest BCUT2D eigenvalue weighted by molar-refractivity contribution is 0.451. The SMILES string of the molecule is CC(C)CC1CSCC1Cl. The zero-order valence-corrected chi connectivity index (χ0v) is 8.21. The highest BCUT2D eigenvalue weighted by molar-refractivity contribution is 7.99. The maximum atomic E-state index is 6.10. The first-order chi connectivity index (χ1) is 4.70. The Hall–Kier alpha value is 0.640. The van der Waals surface area contributed by atoms with E-state index in [1.807, 2.05) is 11.8 Å². The quantitative estimate of drug-likeness (QED) is 0.586. The van der Waals surface area contributed by atoms with Gasteiger partial charge in [0.05, 0.1) is 0 Å². The van der Waals surface area contributed by atoms with Crippen LogP contribution < -0.4 is 0 Å². The molecule has 0 N–H and O–H groups in total. The van der Waals surface area contributed by atoms with Gasteiger partial charge in [-0.1, -0.05) is 13.8 Å². The molecule has 0 nitrogen and oxygen atoms in total. The fourth-order valence-electron chi connectivity index (χ4n) is 1.39. The normalized spacial score (nSPS) is 33.6. The molecule has 2 atom stereocenters. The van der Waals surface area contributed by atoms with Crippen molar-refractivity contribution in [3.63, 3.8) is 0 Å². The molecule has 0 amide bonds. The lowest BCUT2D eigenvalue weighted by atomic mass is 9.97. The van der Waals surface area contributed by atoms with E-state index in [0.29, 0.717) is 5.38 Å². The largest absolute Gasteiger partial charge is 0.160 e. The molecule has 0 radical (unpaired) electrons.